The van der Waals surface area contributed by atoms with Crippen LogP contribution in [0.25, 0.3) is 0 Å². The van der Waals surface area contributed by atoms with Gasteiger partial charge in [0.1, 0.15) is 5.04 Å². The summed E-state index contributed by atoms with van der Waals surface area (Å²) in [7, 11) is 4.07. The molecule has 0 radical (unpaired) electrons. The second-order valence-corrected chi connectivity index (χ2v) is 6.25. The van der Waals surface area contributed by atoms with E-state index in [9.17, 15) is 4.79 Å². The van der Waals surface area contributed by atoms with E-state index in [1.54, 1.807) is 11.8 Å². The maximum atomic E-state index is 11.3. The minimum atomic E-state index is -0.352. The van der Waals surface area contributed by atoms with Gasteiger partial charge in [-0.3, -0.25) is 0 Å². The van der Waals surface area contributed by atoms with Crippen LogP contribution in [0.15, 0.2) is 29.3 Å². The Balaban J connectivity index is 2.12. The molecule has 1 aliphatic heterocycles. The molecule has 0 saturated heterocycles. The molecular weight excluding hydrogens is 258 g/mol. The van der Waals surface area contributed by atoms with Gasteiger partial charge in [-0.05, 0) is 25.5 Å². The molecule has 2 amide bonds. The van der Waals surface area contributed by atoms with Crippen LogP contribution in [0.2, 0.25) is 0 Å². The summed E-state index contributed by atoms with van der Waals surface area (Å²) >= 11 is 1.62. The van der Waals surface area contributed by atoms with Gasteiger partial charge in [0.15, 0.2) is 0 Å². The van der Waals surface area contributed by atoms with Crippen molar-refractivity contribution >= 4 is 28.5 Å². The van der Waals surface area contributed by atoms with Crippen molar-refractivity contribution < 1.29 is 4.79 Å². The number of anilines is 1. The van der Waals surface area contributed by atoms with E-state index in [4.69, 9.17) is 0 Å². The van der Waals surface area contributed by atoms with E-state index in [-0.39, 0.29) is 11.6 Å². The lowest BCUT2D eigenvalue weighted by Gasteiger charge is -2.21. The molecule has 4 nitrogen and oxygen atoms in total. The predicted molar refractivity (Wildman–Crippen MR) is 82.1 cm³/mol. The molecule has 1 aliphatic rings. The number of aliphatic imine (C=N–C) groups is 1. The van der Waals surface area contributed by atoms with Gasteiger partial charge in [-0.2, -0.15) is 4.99 Å². The third-order valence-corrected chi connectivity index (χ3v) is 4.33. The summed E-state index contributed by atoms with van der Waals surface area (Å²) in [6, 6.07) is 8.04. The number of amides is 2. The van der Waals surface area contributed by atoms with Gasteiger partial charge in [-0.15, -0.1) is 11.8 Å². The zero-order valence-corrected chi connectivity index (χ0v) is 12.5. The molecule has 0 aromatic heterocycles. The van der Waals surface area contributed by atoms with Crippen LogP contribution in [0.4, 0.5) is 10.5 Å². The number of hydrogen-bond acceptors (Lipinski definition) is 3. The second-order valence-electron chi connectivity index (χ2n) is 5.28. The van der Waals surface area contributed by atoms with E-state index in [2.05, 4.69) is 27.3 Å². The average molecular weight is 277 g/mol. The lowest BCUT2D eigenvalue weighted by atomic mass is 10.1. The number of carbonyl (C=O) groups excluding carboxylic acids is 1. The van der Waals surface area contributed by atoms with Crippen molar-refractivity contribution in [3.05, 3.63) is 29.8 Å². The minimum absolute atomic E-state index is 0.242. The second kappa shape index (κ2) is 5.25. The first-order chi connectivity index (χ1) is 8.90. The predicted octanol–water partition coefficient (Wildman–Crippen LogP) is 2.89. The summed E-state index contributed by atoms with van der Waals surface area (Å²) in [6.07, 6.45) is 0. The number of thioether (sulfide) groups is 1. The first-order valence-corrected chi connectivity index (χ1v) is 7.18. The Morgan fingerprint density at radius 3 is 2.58 bits per heavy atom. The molecule has 1 aromatic carbocycles. The highest BCUT2D eigenvalue weighted by Gasteiger charge is 2.33. The highest BCUT2D eigenvalue weighted by molar-refractivity contribution is 8.13. The van der Waals surface area contributed by atoms with E-state index >= 15 is 0 Å². The van der Waals surface area contributed by atoms with Crippen LogP contribution in [0.1, 0.15) is 19.4 Å². The Labute approximate surface area is 118 Å². The molecular formula is C14H19N3OS. The number of benzene rings is 1. The van der Waals surface area contributed by atoms with E-state index in [1.165, 1.54) is 11.3 Å². The van der Waals surface area contributed by atoms with Crippen molar-refractivity contribution in [2.24, 2.45) is 4.99 Å². The van der Waals surface area contributed by atoms with Crippen molar-refractivity contribution in [1.29, 1.82) is 0 Å². The average Bonchev–Trinajstić information content (AvgIpc) is 2.59. The van der Waals surface area contributed by atoms with Crippen molar-refractivity contribution in [2.45, 2.75) is 25.1 Å². The summed E-state index contributed by atoms with van der Waals surface area (Å²) in [4.78, 5) is 17.5. The van der Waals surface area contributed by atoms with E-state index in [0.717, 1.165) is 10.8 Å². The van der Waals surface area contributed by atoms with Crippen molar-refractivity contribution in [3.63, 3.8) is 0 Å². The Morgan fingerprint density at radius 1 is 1.32 bits per heavy atom. The van der Waals surface area contributed by atoms with Gasteiger partial charge in [0.25, 0.3) is 0 Å². The maximum Gasteiger partial charge on any atom is 0.342 e. The van der Waals surface area contributed by atoms with E-state index < -0.39 is 0 Å². The number of nitrogens with zero attached hydrogens (tertiary/aromatic N) is 2. The topological polar surface area (TPSA) is 44.7 Å². The number of urea groups is 1. The normalized spacial score (nSPS) is 17.1. The van der Waals surface area contributed by atoms with Gasteiger partial charge in [0, 0.05) is 25.5 Å². The van der Waals surface area contributed by atoms with E-state index in [1.807, 2.05) is 40.1 Å². The van der Waals surface area contributed by atoms with Gasteiger partial charge >= 0.3 is 6.03 Å². The van der Waals surface area contributed by atoms with Crippen molar-refractivity contribution in [1.82, 2.24) is 5.32 Å². The molecule has 102 valence electrons. The zero-order chi connectivity index (χ0) is 14.0. The van der Waals surface area contributed by atoms with Crippen molar-refractivity contribution in [3.8, 4) is 0 Å². The molecule has 0 atom stereocenters. The third kappa shape index (κ3) is 3.10. The van der Waals surface area contributed by atoms with Crippen LogP contribution < -0.4 is 10.2 Å². The third-order valence-electron chi connectivity index (χ3n) is 2.99. The molecule has 0 spiro atoms. The monoisotopic (exact) mass is 277 g/mol. The number of hydrogen-bond donors (Lipinski definition) is 1. The molecule has 0 unspecified atom stereocenters. The molecule has 2 rings (SSSR count). The zero-order valence-electron chi connectivity index (χ0n) is 11.7. The fourth-order valence-corrected chi connectivity index (χ4v) is 3.10. The molecule has 5 heteroatoms. The molecule has 0 fully saturated rings. The van der Waals surface area contributed by atoms with Crippen LogP contribution in [0, 0.1) is 0 Å². The Bertz CT molecular complexity index is 523. The largest absolute Gasteiger partial charge is 0.377 e. The molecule has 19 heavy (non-hydrogen) atoms. The van der Waals surface area contributed by atoms with Crippen LogP contribution in [0.5, 0.6) is 0 Å². The highest BCUT2D eigenvalue weighted by atomic mass is 32.2. The van der Waals surface area contributed by atoms with Crippen LogP contribution >= 0.6 is 11.8 Å². The first-order valence-electron chi connectivity index (χ1n) is 6.19. The van der Waals surface area contributed by atoms with Crippen LogP contribution in [0.3, 0.4) is 0 Å². The van der Waals surface area contributed by atoms with Crippen LogP contribution in [-0.2, 0) is 5.75 Å². The number of nitrogens with one attached hydrogen (secondary N) is 1. The summed E-state index contributed by atoms with van der Waals surface area (Å²) in [5, 5.41) is 3.70. The van der Waals surface area contributed by atoms with Gasteiger partial charge < -0.3 is 10.2 Å². The first kappa shape index (κ1) is 13.9. The van der Waals surface area contributed by atoms with Gasteiger partial charge in [-0.1, -0.05) is 18.2 Å². The Morgan fingerprint density at radius 2 is 2.00 bits per heavy atom. The van der Waals surface area contributed by atoms with Gasteiger partial charge in [-0.25, -0.2) is 4.79 Å². The molecule has 0 bridgehead atoms. The maximum absolute atomic E-state index is 11.3. The van der Waals surface area contributed by atoms with E-state index in [0.29, 0.717) is 0 Å². The van der Waals surface area contributed by atoms with Gasteiger partial charge in [0.05, 0.1) is 5.54 Å². The number of para-hydroxylation sites is 1. The standard InChI is InChI=1S/C14H19N3OS/c1-14(2)12(15-13(18)16-14)19-9-10-7-5-6-8-11(10)17(3)4/h5-8H,9H2,1-4H3,(H,16,18). The fourth-order valence-electron chi connectivity index (χ4n) is 2.01. The molecule has 1 aromatic rings. The highest BCUT2D eigenvalue weighted by Crippen LogP contribution is 2.28. The lowest BCUT2D eigenvalue weighted by Crippen LogP contribution is -2.41. The number of carbonyl (C=O) groups is 1. The molecule has 0 aliphatic carbocycles. The Hall–Kier alpha value is -1.49. The fraction of sp³-hybridized carbons (Fsp3) is 0.429. The smallest absolute Gasteiger partial charge is 0.342 e. The SMILES string of the molecule is CN(C)c1ccccc1CSC1=NC(=O)NC1(C)C. The minimum Gasteiger partial charge on any atom is -0.377 e. The Kier molecular flexibility index (Phi) is 3.85. The quantitative estimate of drug-likeness (QED) is 0.924. The summed E-state index contributed by atoms with van der Waals surface area (Å²) in [6.45, 7) is 3.95. The summed E-state index contributed by atoms with van der Waals surface area (Å²) < 4.78 is 0. The molecule has 0 saturated carbocycles. The van der Waals surface area contributed by atoms with Gasteiger partial charge in [0.2, 0.25) is 0 Å². The lowest BCUT2D eigenvalue weighted by molar-refractivity contribution is 0.248. The molecule has 1 N–H and O–H groups in total. The van der Waals surface area contributed by atoms with Crippen molar-refractivity contribution in [2.75, 3.05) is 19.0 Å². The molecule has 1 heterocycles. The summed E-state index contributed by atoms with van der Waals surface area (Å²) in [5.41, 5.74) is 2.09. The summed E-state index contributed by atoms with van der Waals surface area (Å²) in [5.74, 6) is 0.811. The van der Waals surface area contributed by atoms with Crippen LogP contribution in [-0.4, -0.2) is 30.7 Å². The number of rotatable bonds is 3.